The lowest BCUT2D eigenvalue weighted by molar-refractivity contribution is -0.149. The monoisotopic (exact) mass is 673 g/mol. The Kier molecular flexibility index (Phi) is 9.90. The first-order chi connectivity index (χ1) is 22.2. The van der Waals surface area contributed by atoms with Crippen LogP contribution in [0.15, 0.2) is 73.2 Å². The molecule has 1 fully saturated rings. The summed E-state index contributed by atoms with van der Waals surface area (Å²) in [6, 6.07) is 12.2. The lowest BCUT2D eigenvalue weighted by Gasteiger charge is -2.35. The number of nitrogens with one attached hydrogen (secondary N) is 2. The van der Waals surface area contributed by atoms with Gasteiger partial charge in [-0.05, 0) is 45.4 Å². The van der Waals surface area contributed by atoms with E-state index in [1.54, 1.807) is 13.8 Å². The van der Waals surface area contributed by atoms with Gasteiger partial charge in [0.15, 0.2) is 17.7 Å². The molecule has 252 valence electrons. The lowest BCUT2D eigenvalue weighted by atomic mass is 9.96. The zero-order chi connectivity index (χ0) is 34.1. The Labute approximate surface area is 271 Å². The zero-order valence-corrected chi connectivity index (χ0v) is 27.1. The fraction of sp³-hybridized carbons (Fsp3) is 0.406. The number of aliphatic hydroxyl groups excluding tert-OH is 1. The molecule has 0 aromatic heterocycles. The van der Waals surface area contributed by atoms with Crippen molar-refractivity contribution in [2.24, 2.45) is 0 Å². The van der Waals surface area contributed by atoms with Crippen molar-refractivity contribution in [2.75, 3.05) is 6.61 Å². The van der Waals surface area contributed by atoms with E-state index in [0.717, 1.165) is 18.6 Å². The Bertz CT molecular complexity index is 1620. The first-order valence-corrected chi connectivity index (χ1v) is 16.5. The molecule has 2 aromatic carbocycles. The molecule has 3 aliphatic heterocycles. The van der Waals surface area contributed by atoms with E-state index in [1.807, 2.05) is 30.3 Å². The van der Waals surface area contributed by atoms with Gasteiger partial charge in [-0.15, -0.1) is 0 Å². The van der Waals surface area contributed by atoms with E-state index in [0.29, 0.717) is 5.56 Å². The maximum Gasteiger partial charge on any atom is 0.459 e. The molecule has 1 saturated heterocycles. The molecule has 0 aliphatic carbocycles. The van der Waals surface area contributed by atoms with E-state index in [-0.39, 0.29) is 29.5 Å². The van der Waals surface area contributed by atoms with Crippen LogP contribution in [0.2, 0.25) is 0 Å². The molecule has 3 N–H and O–H groups in total. The molecule has 5 rings (SSSR count). The van der Waals surface area contributed by atoms with Crippen molar-refractivity contribution >= 4 is 25.4 Å². The van der Waals surface area contributed by atoms with Crippen molar-refractivity contribution in [1.29, 1.82) is 0 Å². The summed E-state index contributed by atoms with van der Waals surface area (Å²) in [5.74, 6) is -1.18. The third-order valence-electron chi connectivity index (χ3n) is 7.69. The first kappa shape index (κ1) is 34.3. The highest BCUT2D eigenvalue weighted by Crippen LogP contribution is 2.48. The van der Waals surface area contributed by atoms with E-state index in [9.17, 15) is 24.1 Å². The molecule has 0 saturated carbocycles. The van der Waals surface area contributed by atoms with E-state index < -0.39 is 68.6 Å². The second-order valence-electron chi connectivity index (χ2n) is 11.8. The number of hydrogen-bond donors (Lipinski definition) is 3. The molecular formula is C32H37FN3O10P. The third-order valence-corrected chi connectivity index (χ3v) is 9.34. The van der Waals surface area contributed by atoms with Crippen LogP contribution < -0.4 is 19.7 Å². The smallest absolute Gasteiger partial charge is 0.459 e. The summed E-state index contributed by atoms with van der Waals surface area (Å²) in [6.45, 7) is 8.84. The number of carbonyl (C=O) groups excluding carboxylic acids is 3. The quantitative estimate of drug-likeness (QED) is 0.232. The number of aliphatic hydroxyl groups is 1. The predicted molar refractivity (Wildman–Crippen MR) is 166 cm³/mol. The van der Waals surface area contributed by atoms with Crippen LogP contribution in [-0.2, 0) is 28.2 Å². The number of nitrogens with zero attached hydrogens (tertiary/aromatic N) is 1. The second-order valence-corrected chi connectivity index (χ2v) is 13.5. The van der Waals surface area contributed by atoms with Gasteiger partial charge in [-0.1, -0.05) is 36.9 Å². The van der Waals surface area contributed by atoms with Crippen LogP contribution in [0.4, 0.5) is 4.39 Å². The largest absolute Gasteiger partial charge is 0.484 e. The molecule has 0 spiro atoms. The highest BCUT2D eigenvalue weighted by molar-refractivity contribution is 7.52. The molecule has 0 radical (unpaired) electrons. The number of amides is 1. The normalized spacial score (nSPS) is 27.5. The fourth-order valence-electron chi connectivity index (χ4n) is 5.30. The number of esters is 1. The van der Waals surface area contributed by atoms with E-state index in [1.165, 1.54) is 36.2 Å². The van der Waals surface area contributed by atoms with Crippen LogP contribution in [0.1, 0.15) is 56.1 Å². The molecule has 3 heterocycles. The molecule has 0 bridgehead atoms. The molecule has 3 aliphatic rings. The molecule has 7 atom stereocenters. The van der Waals surface area contributed by atoms with Crippen LogP contribution in [0, 0.1) is 0 Å². The van der Waals surface area contributed by atoms with Gasteiger partial charge >= 0.3 is 13.7 Å². The zero-order valence-electron chi connectivity index (χ0n) is 26.3. The number of alkyl halides is 1. The number of halogens is 1. The maximum atomic E-state index is 15.8. The third kappa shape index (κ3) is 7.58. The number of ketones is 1. The van der Waals surface area contributed by atoms with Crippen molar-refractivity contribution < 1.29 is 51.7 Å². The summed E-state index contributed by atoms with van der Waals surface area (Å²) in [7, 11) is -4.52. The van der Waals surface area contributed by atoms with Crippen molar-refractivity contribution in [2.45, 2.75) is 76.5 Å². The minimum Gasteiger partial charge on any atom is -0.484 e. The van der Waals surface area contributed by atoms with Gasteiger partial charge in [0.25, 0.3) is 5.91 Å². The summed E-state index contributed by atoms with van der Waals surface area (Å²) >= 11 is 0. The molecule has 47 heavy (non-hydrogen) atoms. The van der Waals surface area contributed by atoms with Crippen LogP contribution in [0.5, 0.6) is 11.5 Å². The number of rotatable bonds is 11. The number of fused-ring (bicyclic) bond motifs is 1. The first-order valence-electron chi connectivity index (χ1n) is 15.0. The summed E-state index contributed by atoms with van der Waals surface area (Å²) < 4.78 is 58.6. The SMILES string of the molecule is C=C1NC(=O)C=CN1[C@@H]1O[C@H](COP(=O)(N[C@@H](C)C(=O)OC(C)C)Oc2ccc3c(c2)OC(c2ccccc2)CC3=O)[C@@H](O)[C@@]1(C)F. The van der Waals surface area contributed by atoms with Crippen molar-refractivity contribution in [3.63, 3.8) is 0 Å². The van der Waals surface area contributed by atoms with Crippen molar-refractivity contribution in [3.8, 4) is 11.5 Å². The predicted octanol–water partition coefficient (Wildman–Crippen LogP) is 4.06. The standard InChI is InChI=1S/C32H37FN3O10P/c1-18(2)43-30(40)19(3)35-47(41,42-17-27-29(39)32(5,33)31(45-27)36-14-13-28(38)34-20(36)4)46-22-11-12-23-24(37)16-25(44-26(23)15-22)21-9-7-6-8-10-21/h6-15,18-19,25,27,29,31,39H,4,16-17H2,1-3,5H3,(H,34,38)(H,35,41)/t19-,25?,27+,29+,31+,32+,47?/m0/s1. The van der Waals surface area contributed by atoms with E-state index in [2.05, 4.69) is 17.0 Å². The van der Waals surface area contributed by atoms with Crippen LogP contribution in [0.25, 0.3) is 0 Å². The lowest BCUT2D eigenvalue weighted by Crippen LogP contribution is -2.51. The van der Waals surface area contributed by atoms with Gasteiger partial charge in [-0.2, -0.15) is 5.09 Å². The Hall–Kier alpha value is -4.07. The Morgan fingerprint density at radius 3 is 2.64 bits per heavy atom. The number of carbonyl (C=O) groups is 3. The number of hydrogen-bond acceptors (Lipinski definition) is 11. The summed E-state index contributed by atoms with van der Waals surface area (Å²) in [6.07, 6.45) is -3.07. The van der Waals surface area contributed by atoms with Gasteiger partial charge in [0, 0.05) is 18.3 Å². The van der Waals surface area contributed by atoms with E-state index in [4.69, 9.17) is 23.3 Å². The molecule has 2 aromatic rings. The fourth-order valence-corrected chi connectivity index (χ4v) is 6.79. The van der Waals surface area contributed by atoms with Gasteiger partial charge in [0.05, 0.1) is 24.7 Å². The van der Waals surface area contributed by atoms with Crippen molar-refractivity contribution in [1.82, 2.24) is 15.3 Å². The Balaban J connectivity index is 1.37. The Morgan fingerprint density at radius 1 is 1.23 bits per heavy atom. The van der Waals surface area contributed by atoms with Crippen LogP contribution in [0.3, 0.4) is 0 Å². The molecular weight excluding hydrogens is 636 g/mol. The highest BCUT2D eigenvalue weighted by atomic mass is 31.2. The van der Waals surface area contributed by atoms with Crippen LogP contribution >= 0.6 is 7.75 Å². The summed E-state index contributed by atoms with van der Waals surface area (Å²) in [5.41, 5.74) is -1.29. The summed E-state index contributed by atoms with van der Waals surface area (Å²) in [5, 5.41) is 15.8. The number of Topliss-reactive ketones (excluding diaryl/α,β-unsaturated/α-hetero) is 1. The number of ether oxygens (including phenoxy) is 3. The van der Waals surface area contributed by atoms with Gasteiger partial charge in [-0.25, -0.2) is 8.96 Å². The molecule has 1 amide bonds. The maximum absolute atomic E-state index is 15.8. The topological polar surface area (TPSA) is 162 Å². The van der Waals surface area contributed by atoms with Gasteiger partial charge in [0.2, 0.25) is 0 Å². The molecule has 2 unspecified atom stereocenters. The highest BCUT2D eigenvalue weighted by Gasteiger charge is 2.57. The van der Waals surface area contributed by atoms with Gasteiger partial charge in [0.1, 0.15) is 41.7 Å². The Morgan fingerprint density at radius 2 is 1.96 bits per heavy atom. The number of benzene rings is 2. The molecule has 15 heteroatoms. The summed E-state index contributed by atoms with van der Waals surface area (Å²) in [4.78, 5) is 38.4. The molecule has 13 nitrogen and oxygen atoms in total. The van der Waals surface area contributed by atoms with Gasteiger partial charge < -0.3 is 34.1 Å². The van der Waals surface area contributed by atoms with Crippen LogP contribution in [-0.4, -0.2) is 70.5 Å². The second kappa shape index (κ2) is 13.6. The minimum absolute atomic E-state index is 0.0240. The van der Waals surface area contributed by atoms with Crippen molar-refractivity contribution in [3.05, 3.63) is 84.3 Å². The minimum atomic E-state index is -4.52. The van der Waals surface area contributed by atoms with Gasteiger partial charge in [-0.3, -0.25) is 18.9 Å². The van der Waals surface area contributed by atoms with E-state index >= 15 is 4.39 Å². The average Bonchev–Trinajstić information content (AvgIpc) is 3.23. The average molecular weight is 674 g/mol.